The van der Waals surface area contributed by atoms with Crippen LogP contribution < -0.4 is 15.4 Å². The molecule has 2 rings (SSSR count). The molecule has 1 fully saturated rings. The summed E-state index contributed by atoms with van der Waals surface area (Å²) in [4.78, 5) is 16.6. The third kappa shape index (κ3) is 4.90. The van der Waals surface area contributed by atoms with E-state index in [0.717, 1.165) is 37.6 Å². The molecule has 0 radical (unpaired) electrons. The zero-order valence-electron chi connectivity index (χ0n) is 13.9. The summed E-state index contributed by atoms with van der Waals surface area (Å²) >= 11 is 0. The Balaban J connectivity index is 0.00000242. The van der Waals surface area contributed by atoms with E-state index >= 15 is 0 Å². The van der Waals surface area contributed by atoms with Gasteiger partial charge in [0.05, 0.1) is 18.2 Å². The summed E-state index contributed by atoms with van der Waals surface area (Å²) in [6, 6.07) is 7.99. The summed E-state index contributed by atoms with van der Waals surface area (Å²) in [7, 11) is 1.68. The van der Waals surface area contributed by atoms with Crippen LogP contribution in [0, 0.1) is 5.41 Å². The Kier molecular flexibility index (Phi) is 8.74. The van der Waals surface area contributed by atoms with Crippen molar-refractivity contribution in [3.63, 3.8) is 0 Å². The number of rotatable bonds is 4. The number of hydrogen-bond donors (Lipinski definition) is 1. The zero-order chi connectivity index (χ0) is 15.5. The lowest BCUT2D eigenvalue weighted by molar-refractivity contribution is -0.140. The Hall–Kier alpha value is -1.17. The molecule has 0 bridgehead atoms. The van der Waals surface area contributed by atoms with E-state index in [2.05, 4.69) is 11.0 Å². The maximum atomic E-state index is 12.4. The molecule has 0 saturated carbocycles. The number of hydrogen-bond acceptors (Lipinski definition) is 4. The highest BCUT2D eigenvalue weighted by atomic mass is 35.5. The monoisotopic (exact) mass is 363 g/mol. The lowest BCUT2D eigenvalue weighted by Gasteiger charge is -2.39. The largest absolute Gasteiger partial charge is 0.495 e. The maximum Gasteiger partial charge on any atom is 0.229 e. The van der Waals surface area contributed by atoms with Crippen LogP contribution in [0.4, 0.5) is 5.69 Å². The van der Waals surface area contributed by atoms with Crippen molar-refractivity contribution < 1.29 is 9.53 Å². The number of piperazine rings is 1. The van der Waals surface area contributed by atoms with E-state index in [9.17, 15) is 4.79 Å². The van der Waals surface area contributed by atoms with Crippen LogP contribution in [0.1, 0.15) is 13.8 Å². The van der Waals surface area contributed by atoms with Gasteiger partial charge in [0.1, 0.15) is 5.75 Å². The SMILES string of the molecule is COc1ccccc1N1CCN(C(=O)C(C)(C)CN)CC1.Cl.Cl. The lowest BCUT2D eigenvalue weighted by Crippen LogP contribution is -2.53. The van der Waals surface area contributed by atoms with Gasteiger partial charge >= 0.3 is 0 Å². The lowest BCUT2D eigenvalue weighted by atomic mass is 9.91. The predicted molar refractivity (Wildman–Crippen MR) is 99.1 cm³/mol. The van der Waals surface area contributed by atoms with Gasteiger partial charge in [0.15, 0.2) is 0 Å². The number of carbonyl (C=O) groups is 1. The van der Waals surface area contributed by atoms with Gasteiger partial charge in [-0.1, -0.05) is 12.1 Å². The molecule has 1 heterocycles. The van der Waals surface area contributed by atoms with Crippen molar-refractivity contribution in [2.45, 2.75) is 13.8 Å². The summed E-state index contributed by atoms with van der Waals surface area (Å²) < 4.78 is 5.41. The third-order valence-electron chi connectivity index (χ3n) is 4.08. The molecule has 2 N–H and O–H groups in total. The van der Waals surface area contributed by atoms with Crippen molar-refractivity contribution in [2.24, 2.45) is 11.1 Å². The van der Waals surface area contributed by atoms with Crippen molar-refractivity contribution in [1.29, 1.82) is 0 Å². The van der Waals surface area contributed by atoms with Crippen molar-refractivity contribution in [1.82, 2.24) is 4.90 Å². The number of para-hydroxylation sites is 2. The topological polar surface area (TPSA) is 58.8 Å². The highest BCUT2D eigenvalue weighted by Crippen LogP contribution is 2.29. The summed E-state index contributed by atoms with van der Waals surface area (Å²) in [5, 5.41) is 0. The molecule has 7 heteroatoms. The molecule has 1 aliphatic heterocycles. The average Bonchev–Trinajstić information content (AvgIpc) is 2.54. The minimum Gasteiger partial charge on any atom is -0.495 e. The van der Waals surface area contributed by atoms with Gasteiger partial charge in [-0.25, -0.2) is 0 Å². The summed E-state index contributed by atoms with van der Waals surface area (Å²) in [5.41, 5.74) is 6.30. The number of nitrogens with two attached hydrogens (primary N) is 1. The number of methoxy groups -OCH3 is 1. The molecule has 1 aromatic carbocycles. The van der Waals surface area contributed by atoms with E-state index in [1.54, 1.807) is 7.11 Å². The molecule has 0 aliphatic carbocycles. The molecule has 5 nitrogen and oxygen atoms in total. The fourth-order valence-corrected chi connectivity index (χ4v) is 2.56. The average molecular weight is 364 g/mol. The van der Waals surface area contributed by atoms with Crippen LogP contribution in [-0.4, -0.2) is 50.6 Å². The maximum absolute atomic E-state index is 12.4. The van der Waals surface area contributed by atoms with E-state index in [1.807, 2.05) is 36.9 Å². The van der Waals surface area contributed by atoms with Gasteiger partial charge < -0.3 is 20.3 Å². The Morgan fingerprint density at radius 3 is 2.26 bits per heavy atom. The molecule has 0 spiro atoms. The van der Waals surface area contributed by atoms with Crippen LogP contribution in [-0.2, 0) is 4.79 Å². The number of ether oxygens (including phenoxy) is 1. The molecule has 0 aromatic heterocycles. The molecule has 23 heavy (non-hydrogen) atoms. The van der Waals surface area contributed by atoms with Gasteiger partial charge in [-0.3, -0.25) is 4.79 Å². The second kappa shape index (κ2) is 9.21. The van der Waals surface area contributed by atoms with Crippen molar-refractivity contribution in [2.75, 3.05) is 44.7 Å². The summed E-state index contributed by atoms with van der Waals surface area (Å²) in [6.07, 6.45) is 0. The molecular weight excluding hydrogens is 337 g/mol. The number of anilines is 1. The first kappa shape index (κ1) is 21.8. The summed E-state index contributed by atoms with van der Waals surface area (Å²) in [6.45, 7) is 7.25. The smallest absolute Gasteiger partial charge is 0.229 e. The first-order chi connectivity index (χ1) is 9.99. The normalized spacial score (nSPS) is 14.6. The van der Waals surface area contributed by atoms with E-state index in [1.165, 1.54) is 0 Å². The molecule has 1 aliphatic rings. The van der Waals surface area contributed by atoms with Gasteiger partial charge in [0, 0.05) is 32.7 Å². The Morgan fingerprint density at radius 1 is 1.17 bits per heavy atom. The standard InChI is InChI=1S/C16H25N3O2.2ClH/c1-16(2,12-17)15(20)19-10-8-18(9-11-19)13-6-4-5-7-14(13)21-3;;/h4-7H,8-12,17H2,1-3H3;2*1H. The number of amides is 1. The molecule has 1 amide bonds. The van der Waals surface area contributed by atoms with Gasteiger partial charge in [-0.15, -0.1) is 24.8 Å². The molecule has 0 atom stereocenters. The van der Waals surface area contributed by atoms with E-state index < -0.39 is 5.41 Å². The van der Waals surface area contributed by atoms with Crippen molar-refractivity contribution >= 4 is 36.4 Å². The van der Waals surface area contributed by atoms with Crippen LogP contribution in [0.5, 0.6) is 5.75 Å². The minimum atomic E-state index is -0.480. The van der Waals surface area contributed by atoms with Crippen LogP contribution in [0.15, 0.2) is 24.3 Å². The number of halogens is 2. The molecule has 1 saturated heterocycles. The fraction of sp³-hybridized carbons (Fsp3) is 0.562. The first-order valence-electron chi connectivity index (χ1n) is 7.37. The van der Waals surface area contributed by atoms with Crippen LogP contribution >= 0.6 is 24.8 Å². The minimum absolute atomic E-state index is 0. The number of benzene rings is 1. The molecule has 0 unspecified atom stereocenters. The molecular formula is C16H27Cl2N3O2. The van der Waals surface area contributed by atoms with Gasteiger partial charge in [0.25, 0.3) is 0 Å². The van der Waals surface area contributed by atoms with Crippen molar-refractivity contribution in [3.8, 4) is 5.75 Å². The molecule has 1 aromatic rings. The highest BCUT2D eigenvalue weighted by molar-refractivity contribution is 5.85. The van der Waals surface area contributed by atoms with E-state index in [0.29, 0.717) is 6.54 Å². The van der Waals surface area contributed by atoms with Gasteiger partial charge in [-0.05, 0) is 26.0 Å². The third-order valence-corrected chi connectivity index (χ3v) is 4.08. The zero-order valence-corrected chi connectivity index (χ0v) is 15.6. The van der Waals surface area contributed by atoms with E-state index in [4.69, 9.17) is 10.5 Å². The Bertz CT molecular complexity index is 504. The first-order valence-corrected chi connectivity index (χ1v) is 7.37. The van der Waals surface area contributed by atoms with E-state index in [-0.39, 0.29) is 30.7 Å². The van der Waals surface area contributed by atoms with Crippen molar-refractivity contribution in [3.05, 3.63) is 24.3 Å². The van der Waals surface area contributed by atoms with Gasteiger partial charge in [0.2, 0.25) is 5.91 Å². The summed E-state index contributed by atoms with van der Waals surface area (Å²) in [5.74, 6) is 1.02. The Morgan fingerprint density at radius 2 is 1.74 bits per heavy atom. The highest BCUT2D eigenvalue weighted by Gasteiger charge is 2.32. The van der Waals surface area contributed by atoms with Crippen LogP contribution in [0.25, 0.3) is 0 Å². The predicted octanol–water partition coefficient (Wildman–Crippen LogP) is 2.17. The Labute approximate surface area is 151 Å². The van der Waals surface area contributed by atoms with Crippen LogP contribution in [0.3, 0.4) is 0 Å². The van der Waals surface area contributed by atoms with Crippen LogP contribution in [0.2, 0.25) is 0 Å². The number of nitrogens with zero attached hydrogens (tertiary/aromatic N) is 2. The second-order valence-electron chi connectivity index (χ2n) is 6.04. The quantitative estimate of drug-likeness (QED) is 0.890. The second-order valence-corrected chi connectivity index (χ2v) is 6.04. The molecule has 132 valence electrons. The fourth-order valence-electron chi connectivity index (χ4n) is 2.56. The van der Waals surface area contributed by atoms with Gasteiger partial charge in [-0.2, -0.15) is 0 Å². The number of carbonyl (C=O) groups excluding carboxylic acids is 1.